The summed E-state index contributed by atoms with van der Waals surface area (Å²) in [5.74, 6) is 1.05. The number of hydrogen-bond donors (Lipinski definition) is 0. The normalized spacial score (nSPS) is 12.6. The van der Waals surface area contributed by atoms with Crippen molar-refractivity contribution in [1.29, 1.82) is 0 Å². The zero-order chi connectivity index (χ0) is 15.6. The molecule has 2 nitrogen and oxygen atoms in total. The van der Waals surface area contributed by atoms with E-state index in [1.165, 1.54) is 16.7 Å². The van der Waals surface area contributed by atoms with Crippen LogP contribution in [0.2, 0.25) is 0 Å². The predicted molar refractivity (Wildman–Crippen MR) is 89.2 cm³/mol. The third-order valence-corrected chi connectivity index (χ3v) is 3.48. The second-order valence-electron chi connectivity index (χ2n) is 6.72. The molecule has 0 radical (unpaired) electrons. The Balaban J connectivity index is 2.63. The summed E-state index contributed by atoms with van der Waals surface area (Å²) >= 11 is 0. The monoisotopic (exact) mass is 281 g/mol. The molecule has 0 bridgehead atoms. The molecule has 0 unspecified atom stereocenters. The van der Waals surface area contributed by atoms with Crippen molar-refractivity contribution >= 4 is 11.5 Å². The van der Waals surface area contributed by atoms with E-state index in [0.717, 1.165) is 11.5 Å². The zero-order valence-electron chi connectivity index (χ0n) is 13.9. The molecule has 0 aliphatic heterocycles. The van der Waals surface area contributed by atoms with Gasteiger partial charge in [0.05, 0.1) is 17.8 Å². The Morgan fingerprint density at radius 3 is 1.90 bits per heavy atom. The maximum absolute atomic E-state index is 5.02. The summed E-state index contributed by atoms with van der Waals surface area (Å²) in [5.41, 5.74) is 4.79. The van der Waals surface area contributed by atoms with Crippen molar-refractivity contribution < 1.29 is 4.57 Å². The Bertz CT molecular complexity index is 639. The van der Waals surface area contributed by atoms with Gasteiger partial charge in [0.15, 0.2) is 5.69 Å². The minimum absolute atomic E-state index is 0.0320. The Morgan fingerprint density at radius 2 is 1.43 bits per heavy atom. The van der Waals surface area contributed by atoms with Crippen LogP contribution in [0.1, 0.15) is 37.5 Å². The molecule has 0 saturated carbocycles. The van der Waals surface area contributed by atoms with Gasteiger partial charge in [0, 0.05) is 11.1 Å². The molecule has 0 aliphatic rings. The van der Waals surface area contributed by atoms with Gasteiger partial charge in [-0.1, -0.05) is 23.8 Å². The van der Waals surface area contributed by atoms with Gasteiger partial charge in [0.25, 0.3) is 0 Å². The van der Waals surface area contributed by atoms with E-state index in [0.29, 0.717) is 0 Å². The first kappa shape index (κ1) is 15.4. The molecule has 0 atom stereocenters. The molecule has 0 amide bonds. The van der Waals surface area contributed by atoms with Crippen LogP contribution in [0, 0.1) is 26.2 Å². The van der Waals surface area contributed by atoms with Crippen LogP contribution >= 0.6 is 0 Å². The van der Waals surface area contributed by atoms with E-state index in [4.69, 9.17) is 4.99 Å². The van der Waals surface area contributed by atoms with Crippen LogP contribution in [0.25, 0.3) is 0 Å². The molecule has 2 aromatic rings. The summed E-state index contributed by atoms with van der Waals surface area (Å²) in [7, 11) is 0. The molecule has 0 fully saturated rings. The summed E-state index contributed by atoms with van der Waals surface area (Å²) in [4.78, 5) is 5.02. The second-order valence-corrected chi connectivity index (χ2v) is 6.72. The minimum atomic E-state index is -0.0320. The zero-order valence-corrected chi connectivity index (χ0v) is 13.9. The lowest BCUT2D eigenvalue weighted by molar-refractivity contribution is -0.562. The first-order valence-electron chi connectivity index (χ1n) is 7.43. The van der Waals surface area contributed by atoms with Gasteiger partial charge in [-0.05, 0) is 58.7 Å². The van der Waals surface area contributed by atoms with Crippen LogP contribution in [0.3, 0.4) is 0 Å². The third-order valence-electron chi connectivity index (χ3n) is 3.48. The smallest absolute Gasteiger partial charge is 0.207 e. The molecule has 2 heteroatoms. The molecule has 0 saturated heterocycles. The Hall–Kier alpha value is -1.96. The molecule has 1 aromatic carbocycles. The van der Waals surface area contributed by atoms with Crippen LogP contribution in [-0.4, -0.2) is 5.84 Å². The van der Waals surface area contributed by atoms with Crippen molar-refractivity contribution in [3.63, 3.8) is 0 Å². The number of pyridine rings is 1. The number of benzene rings is 1. The predicted octanol–water partition coefficient (Wildman–Crippen LogP) is 4.52. The van der Waals surface area contributed by atoms with Gasteiger partial charge in [-0.3, -0.25) is 0 Å². The lowest BCUT2D eigenvalue weighted by Gasteiger charge is -2.15. The standard InChI is InChI=1S/C19H25N2/c1-14-12-15(2)17(16(3)13-14)20-18(19(4,5)6)21-10-8-7-9-11-21/h7-13H,1-6H3/q+1. The fourth-order valence-electron chi connectivity index (χ4n) is 2.61. The average molecular weight is 281 g/mol. The molecule has 21 heavy (non-hydrogen) atoms. The SMILES string of the molecule is Cc1cc(C)c(N=C([n+]2ccccc2)C(C)(C)C)c(C)c1. The highest BCUT2D eigenvalue weighted by Crippen LogP contribution is 2.27. The van der Waals surface area contributed by atoms with Crippen molar-refractivity contribution in [2.45, 2.75) is 41.5 Å². The average Bonchev–Trinajstić information content (AvgIpc) is 2.37. The van der Waals surface area contributed by atoms with E-state index in [9.17, 15) is 0 Å². The second kappa shape index (κ2) is 5.80. The first-order valence-corrected chi connectivity index (χ1v) is 7.43. The number of aromatic nitrogens is 1. The lowest BCUT2D eigenvalue weighted by Crippen LogP contribution is -2.49. The third kappa shape index (κ3) is 3.57. The largest absolute Gasteiger partial charge is 0.309 e. The molecule has 0 aliphatic carbocycles. The van der Waals surface area contributed by atoms with E-state index in [-0.39, 0.29) is 5.41 Å². The number of aryl methyl sites for hydroxylation is 3. The van der Waals surface area contributed by atoms with Crippen molar-refractivity contribution in [2.75, 3.05) is 0 Å². The van der Waals surface area contributed by atoms with Gasteiger partial charge >= 0.3 is 5.84 Å². The van der Waals surface area contributed by atoms with Crippen molar-refractivity contribution in [1.82, 2.24) is 0 Å². The number of hydrogen-bond acceptors (Lipinski definition) is 1. The maximum atomic E-state index is 5.02. The van der Waals surface area contributed by atoms with E-state index < -0.39 is 0 Å². The summed E-state index contributed by atoms with van der Waals surface area (Å²) in [6.45, 7) is 13.0. The first-order chi connectivity index (χ1) is 9.79. The van der Waals surface area contributed by atoms with Gasteiger partial charge in [-0.2, -0.15) is 0 Å². The Labute approximate surface area is 128 Å². The molecular formula is C19H25N2+. The highest BCUT2D eigenvalue weighted by molar-refractivity contribution is 5.82. The van der Waals surface area contributed by atoms with Gasteiger partial charge in [-0.15, -0.1) is 0 Å². The fourth-order valence-corrected chi connectivity index (χ4v) is 2.61. The Kier molecular flexibility index (Phi) is 4.26. The van der Waals surface area contributed by atoms with Crippen LogP contribution in [-0.2, 0) is 0 Å². The van der Waals surface area contributed by atoms with Gasteiger partial charge in [0.1, 0.15) is 0 Å². The van der Waals surface area contributed by atoms with Crippen molar-refractivity contribution in [3.05, 3.63) is 59.4 Å². The molecule has 2 rings (SSSR count). The Morgan fingerprint density at radius 1 is 0.905 bits per heavy atom. The van der Waals surface area contributed by atoms with Gasteiger partial charge < -0.3 is 0 Å². The molecule has 110 valence electrons. The van der Waals surface area contributed by atoms with Crippen molar-refractivity contribution in [2.24, 2.45) is 10.4 Å². The maximum Gasteiger partial charge on any atom is 0.309 e. The van der Waals surface area contributed by atoms with Gasteiger partial charge in [0.2, 0.25) is 0 Å². The van der Waals surface area contributed by atoms with Crippen LogP contribution in [0.5, 0.6) is 0 Å². The fraction of sp³-hybridized carbons (Fsp3) is 0.368. The number of rotatable bonds is 1. The number of nitrogens with zero attached hydrogens (tertiary/aromatic N) is 2. The van der Waals surface area contributed by atoms with Crippen LogP contribution in [0.15, 0.2) is 47.7 Å². The highest BCUT2D eigenvalue weighted by Gasteiger charge is 2.29. The summed E-state index contributed by atoms with van der Waals surface area (Å²) < 4.78 is 2.11. The van der Waals surface area contributed by atoms with Crippen LogP contribution < -0.4 is 4.57 Å². The van der Waals surface area contributed by atoms with Gasteiger partial charge in [-0.25, -0.2) is 4.57 Å². The summed E-state index contributed by atoms with van der Waals surface area (Å²) in [6.07, 6.45) is 4.12. The lowest BCUT2D eigenvalue weighted by atomic mass is 9.94. The number of aliphatic imine (C=N–C) groups is 1. The van der Waals surface area contributed by atoms with E-state index in [1.807, 2.05) is 18.2 Å². The van der Waals surface area contributed by atoms with E-state index in [2.05, 4.69) is 70.6 Å². The molecular weight excluding hydrogens is 256 g/mol. The van der Waals surface area contributed by atoms with Crippen LogP contribution in [0.4, 0.5) is 5.69 Å². The molecule has 0 N–H and O–H groups in total. The topological polar surface area (TPSA) is 16.2 Å². The minimum Gasteiger partial charge on any atom is -0.207 e. The molecule has 1 aromatic heterocycles. The summed E-state index contributed by atoms with van der Waals surface area (Å²) in [6, 6.07) is 10.5. The molecule has 1 heterocycles. The van der Waals surface area contributed by atoms with E-state index in [1.54, 1.807) is 0 Å². The summed E-state index contributed by atoms with van der Waals surface area (Å²) in [5, 5.41) is 0. The van der Waals surface area contributed by atoms with E-state index >= 15 is 0 Å². The highest BCUT2D eigenvalue weighted by atomic mass is 15.1. The quantitative estimate of drug-likeness (QED) is 0.415. The van der Waals surface area contributed by atoms with Crippen molar-refractivity contribution in [3.8, 4) is 0 Å². The molecule has 0 spiro atoms.